The molecular weight excluding hydrogens is 491 g/mol. The van der Waals surface area contributed by atoms with Gasteiger partial charge in [0, 0.05) is 7.11 Å². The Labute approximate surface area is 198 Å². The number of thiol groups is 1. The predicted molar refractivity (Wildman–Crippen MR) is 124 cm³/mol. The lowest BCUT2D eigenvalue weighted by Crippen LogP contribution is -2.44. The molecule has 0 spiro atoms. The van der Waals surface area contributed by atoms with Crippen LogP contribution in [0.3, 0.4) is 0 Å². The van der Waals surface area contributed by atoms with E-state index in [2.05, 4.69) is 37.6 Å². The first kappa shape index (κ1) is 25.1. The molecule has 1 unspecified atom stereocenters. The maximum atomic E-state index is 13.0. The molecule has 7 atom stereocenters. The Kier molecular flexibility index (Phi) is 7.59. The molecule has 7 N–H and O–H groups in total. The summed E-state index contributed by atoms with van der Waals surface area (Å²) >= 11 is 4.15. The van der Waals surface area contributed by atoms with Crippen molar-refractivity contribution in [3.05, 3.63) is 16.7 Å². The number of methoxy groups -OCH3 is 1. The molecule has 0 aromatic carbocycles. The summed E-state index contributed by atoms with van der Waals surface area (Å²) in [6.07, 6.45) is 0.0508. The molecule has 2 aromatic heterocycles. The number of nitrogens with two attached hydrogens (primary N) is 1. The minimum atomic E-state index is -3.71. The maximum Gasteiger partial charge on any atom is 0.324 e. The minimum absolute atomic E-state index is 0.00410. The van der Waals surface area contributed by atoms with E-state index in [0.29, 0.717) is 12.8 Å². The third kappa shape index (κ3) is 5.28. The van der Waals surface area contributed by atoms with Gasteiger partial charge >= 0.3 is 6.72 Å². The average molecular weight is 518 g/mol. The number of aromatic nitrogens is 4. The van der Waals surface area contributed by atoms with Crippen LogP contribution in [0.15, 0.2) is 11.1 Å². The van der Waals surface area contributed by atoms with E-state index in [1.165, 1.54) is 18.0 Å². The average Bonchev–Trinajstić information content (AvgIpc) is 3.47. The van der Waals surface area contributed by atoms with Crippen LogP contribution in [0.1, 0.15) is 19.1 Å². The Bertz CT molecular complexity index is 1130. The SMILES string of the molecule is COC[C@H]1O[C@@H](n2cnc3c(=O)[nH]c(N)nc32)[C@H](O)[C@@H]1NP(=O)(S)OC[C@@H]1CC[C@H](NC=N)O1. The Morgan fingerprint density at radius 3 is 3.00 bits per heavy atom. The van der Waals surface area contributed by atoms with E-state index in [9.17, 15) is 14.5 Å². The van der Waals surface area contributed by atoms with Gasteiger partial charge in [0.1, 0.15) is 18.4 Å². The van der Waals surface area contributed by atoms with Crippen LogP contribution in [-0.4, -0.2) is 81.9 Å². The van der Waals surface area contributed by atoms with Crippen LogP contribution in [0.25, 0.3) is 11.2 Å². The second-order valence-corrected chi connectivity index (χ2v) is 11.0. The van der Waals surface area contributed by atoms with Crippen molar-refractivity contribution in [2.24, 2.45) is 0 Å². The van der Waals surface area contributed by atoms with Gasteiger partial charge in [0.15, 0.2) is 17.4 Å². The Balaban J connectivity index is 1.47. The van der Waals surface area contributed by atoms with E-state index >= 15 is 0 Å². The molecule has 0 amide bonds. The number of rotatable bonds is 10. The second kappa shape index (κ2) is 10.3. The number of imidazole rings is 1. The van der Waals surface area contributed by atoms with Crippen LogP contribution < -0.4 is 21.7 Å². The highest BCUT2D eigenvalue weighted by atomic mass is 32.7. The van der Waals surface area contributed by atoms with Crippen molar-refractivity contribution in [1.82, 2.24) is 29.9 Å². The molecule has 0 bridgehead atoms. The predicted octanol–water partition coefficient (Wildman–Crippen LogP) is -0.679. The number of H-pyrrole nitrogens is 1. The van der Waals surface area contributed by atoms with Crippen molar-refractivity contribution < 1.29 is 28.4 Å². The highest BCUT2D eigenvalue weighted by Crippen LogP contribution is 2.50. The molecule has 0 saturated carbocycles. The monoisotopic (exact) mass is 518 g/mol. The normalized spacial score (nSPS) is 31.0. The van der Waals surface area contributed by atoms with Gasteiger partial charge in [-0.2, -0.15) is 4.98 Å². The first-order valence-electron chi connectivity index (χ1n) is 10.4. The van der Waals surface area contributed by atoms with Crippen LogP contribution in [0.5, 0.6) is 0 Å². The van der Waals surface area contributed by atoms with Gasteiger partial charge in [0.2, 0.25) is 5.95 Å². The van der Waals surface area contributed by atoms with Crippen molar-refractivity contribution in [2.45, 2.75) is 49.7 Å². The van der Waals surface area contributed by atoms with Gasteiger partial charge in [-0.3, -0.25) is 24.3 Å². The van der Waals surface area contributed by atoms with Crippen molar-refractivity contribution in [1.29, 1.82) is 5.41 Å². The standard InChI is InChI=1S/C17H27N8O7PS/c1-29-5-9-11(24-33(28,34)30-4-8-2-3-10(31-8)20-6-18)13(26)16(32-9)25-7-21-12-14(25)22-17(19)23-15(12)27/h6-11,13,16,26H,2-5H2,1H3,(H2,18,20)(H2,24,28,34)(H3,19,22,23,27)/t8-,9+,10+,11+,13+,16+,33?/m0/s1. The third-order valence-corrected chi connectivity index (χ3v) is 7.37. The van der Waals surface area contributed by atoms with Crippen LogP contribution in [0.4, 0.5) is 5.95 Å². The summed E-state index contributed by atoms with van der Waals surface area (Å²) in [5.74, 6) is -0.115. The van der Waals surface area contributed by atoms with E-state index in [1.807, 2.05) is 0 Å². The van der Waals surface area contributed by atoms with Gasteiger partial charge in [-0.05, 0) is 12.8 Å². The van der Waals surface area contributed by atoms with E-state index < -0.39 is 36.8 Å². The van der Waals surface area contributed by atoms with Gasteiger partial charge < -0.3 is 34.9 Å². The molecule has 2 fully saturated rings. The number of aliphatic hydroxyl groups is 1. The van der Waals surface area contributed by atoms with Crippen LogP contribution >= 0.6 is 19.0 Å². The van der Waals surface area contributed by atoms with Gasteiger partial charge in [0.25, 0.3) is 5.56 Å². The smallest absolute Gasteiger partial charge is 0.324 e. The highest BCUT2D eigenvalue weighted by Gasteiger charge is 2.47. The number of hydrogen-bond acceptors (Lipinski definition) is 11. The van der Waals surface area contributed by atoms with Gasteiger partial charge in [-0.1, -0.05) is 12.2 Å². The molecule has 2 aliphatic heterocycles. The zero-order valence-electron chi connectivity index (χ0n) is 18.2. The van der Waals surface area contributed by atoms with E-state index in [-0.39, 0.29) is 42.7 Å². The first-order valence-corrected chi connectivity index (χ1v) is 13.2. The fourth-order valence-electron chi connectivity index (χ4n) is 4.02. The molecular formula is C17H27N8O7PS. The van der Waals surface area contributed by atoms with Gasteiger partial charge in [-0.25, -0.2) is 10.1 Å². The maximum absolute atomic E-state index is 13.0. The van der Waals surface area contributed by atoms with E-state index in [4.69, 9.17) is 29.9 Å². The number of aliphatic hydroxyl groups excluding tert-OH is 1. The molecule has 4 rings (SSSR count). The summed E-state index contributed by atoms with van der Waals surface area (Å²) in [4.78, 5) is 22.6. The molecule has 4 heterocycles. The molecule has 0 radical (unpaired) electrons. The number of ether oxygens (including phenoxy) is 3. The number of anilines is 1. The first-order chi connectivity index (χ1) is 16.2. The molecule has 2 aromatic rings. The summed E-state index contributed by atoms with van der Waals surface area (Å²) in [6.45, 7) is -3.64. The Morgan fingerprint density at radius 2 is 2.26 bits per heavy atom. The minimum Gasteiger partial charge on any atom is -0.387 e. The molecule has 0 aliphatic carbocycles. The Morgan fingerprint density at radius 1 is 1.47 bits per heavy atom. The lowest BCUT2D eigenvalue weighted by molar-refractivity contribution is -0.0545. The van der Waals surface area contributed by atoms with Crippen LogP contribution in [0.2, 0.25) is 0 Å². The lowest BCUT2D eigenvalue weighted by atomic mass is 10.1. The Hall–Kier alpha value is -2.04. The van der Waals surface area contributed by atoms with Gasteiger partial charge in [-0.15, -0.1) is 0 Å². The van der Waals surface area contributed by atoms with Crippen molar-refractivity contribution in [3.8, 4) is 0 Å². The number of aromatic amines is 1. The number of nitrogens with one attached hydrogen (secondary N) is 4. The molecule has 2 aliphatic rings. The zero-order valence-corrected chi connectivity index (χ0v) is 19.9. The summed E-state index contributed by atoms with van der Waals surface area (Å²) in [7, 11) is 1.46. The number of nitrogens with zero attached hydrogens (tertiary/aromatic N) is 3. The molecule has 34 heavy (non-hydrogen) atoms. The van der Waals surface area contributed by atoms with E-state index in [0.717, 1.165) is 6.34 Å². The summed E-state index contributed by atoms with van der Waals surface area (Å²) < 4.78 is 36.7. The summed E-state index contributed by atoms with van der Waals surface area (Å²) in [5, 5.41) is 23.6. The summed E-state index contributed by atoms with van der Waals surface area (Å²) in [6, 6.07) is -0.901. The van der Waals surface area contributed by atoms with Crippen molar-refractivity contribution in [3.63, 3.8) is 0 Å². The van der Waals surface area contributed by atoms with Crippen LogP contribution in [0, 0.1) is 5.41 Å². The molecule has 15 nitrogen and oxygen atoms in total. The number of nitrogen functional groups attached to an aromatic ring is 1. The number of fused-ring (bicyclic) bond motifs is 1. The molecule has 188 valence electrons. The number of hydrogen-bond donors (Lipinski definition) is 7. The third-order valence-electron chi connectivity index (χ3n) is 5.56. The van der Waals surface area contributed by atoms with Crippen molar-refractivity contribution in [2.75, 3.05) is 26.1 Å². The molecule has 2 saturated heterocycles. The fourth-order valence-corrected chi connectivity index (χ4v) is 5.76. The highest BCUT2D eigenvalue weighted by molar-refractivity contribution is 8.45. The van der Waals surface area contributed by atoms with Gasteiger partial charge in [0.05, 0.1) is 38.0 Å². The topological polar surface area (TPSA) is 212 Å². The lowest BCUT2D eigenvalue weighted by Gasteiger charge is -2.25. The molecule has 17 heteroatoms. The van der Waals surface area contributed by atoms with E-state index in [1.54, 1.807) is 0 Å². The summed E-state index contributed by atoms with van der Waals surface area (Å²) in [5.41, 5.74) is 5.27. The van der Waals surface area contributed by atoms with Crippen LogP contribution in [-0.2, 0) is 23.3 Å². The largest absolute Gasteiger partial charge is 0.387 e. The quantitative estimate of drug-likeness (QED) is 0.0902. The fraction of sp³-hybridized carbons (Fsp3) is 0.647. The van der Waals surface area contributed by atoms with Crippen molar-refractivity contribution >= 4 is 42.4 Å². The second-order valence-electron chi connectivity index (χ2n) is 7.89. The zero-order chi connectivity index (χ0) is 24.5.